The van der Waals surface area contributed by atoms with E-state index in [1.165, 1.54) is 31.4 Å². The molecule has 0 unspecified atom stereocenters. The van der Waals surface area contributed by atoms with Crippen molar-refractivity contribution >= 4 is 5.82 Å². The van der Waals surface area contributed by atoms with E-state index in [0.29, 0.717) is 11.7 Å². The minimum Gasteiger partial charge on any atom is -0.382 e. The van der Waals surface area contributed by atoms with Crippen LogP contribution in [0.3, 0.4) is 0 Å². The van der Waals surface area contributed by atoms with Crippen LogP contribution in [0.2, 0.25) is 0 Å². The third kappa shape index (κ3) is 1.63. The van der Waals surface area contributed by atoms with Gasteiger partial charge >= 0.3 is 0 Å². The van der Waals surface area contributed by atoms with Crippen molar-refractivity contribution in [3.63, 3.8) is 0 Å². The van der Waals surface area contributed by atoms with Crippen LogP contribution in [-0.2, 0) is 0 Å². The van der Waals surface area contributed by atoms with Gasteiger partial charge in [-0.3, -0.25) is 5.10 Å². The van der Waals surface area contributed by atoms with E-state index in [9.17, 15) is 0 Å². The van der Waals surface area contributed by atoms with Crippen LogP contribution in [0.5, 0.6) is 0 Å². The molecule has 0 saturated heterocycles. The van der Waals surface area contributed by atoms with Gasteiger partial charge < -0.3 is 5.73 Å². The van der Waals surface area contributed by atoms with E-state index in [0.717, 1.165) is 11.5 Å². The van der Waals surface area contributed by atoms with Crippen LogP contribution in [0.4, 0.5) is 5.82 Å². The van der Waals surface area contributed by atoms with Gasteiger partial charge in [0.15, 0.2) is 0 Å². The van der Waals surface area contributed by atoms with E-state index in [-0.39, 0.29) is 0 Å². The summed E-state index contributed by atoms with van der Waals surface area (Å²) in [6, 6.07) is 0. The average molecular weight is 193 g/mol. The molecule has 1 aliphatic rings. The van der Waals surface area contributed by atoms with Gasteiger partial charge in [-0.15, -0.1) is 0 Å². The van der Waals surface area contributed by atoms with Gasteiger partial charge in [-0.25, -0.2) is 0 Å². The molecule has 0 aliphatic heterocycles. The first-order valence-electron chi connectivity index (χ1n) is 5.48. The van der Waals surface area contributed by atoms with E-state index < -0.39 is 0 Å². The Morgan fingerprint density at radius 1 is 1.29 bits per heavy atom. The summed E-state index contributed by atoms with van der Waals surface area (Å²) in [6.45, 7) is 4.40. The Hall–Kier alpha value is -0.990. The predicted molar refractivity (Wildman–Crippen MR) is 58.1 cm³/mol. The Labute approximate surface area is 85.1 Å². The molecule has 2 rings (SSSR count). The molecule has 1 aromatic heterocycles. The lowest BCUT2D eigenvalue weighted by Gasteiger charge is -2.25. The van der Waals surface area contributed by atoms with Gasteiger partial charge in [0.25, 0.3) is 0 Å². The van der Waals surface area contributed by atoms with Gasteiger partial charge in [0.2, 0.25) is 0 Å². The standard InChI is InChI=1S/C11H19N3/c1-7-3-5-9(6-4-7)10-8(2)11(12)14-13-10/h7,9H,3-6H2,1-2H3,(H3,12,13,14). The molecule has 0 aromatic carbocycles. The Morgan fingerprint density at radius 3 is 2.43 bits per heavy atom. The monoisotopic (exact) mass is 193 g/mol. The molecule has 3 nitrogen and oxygen atoms in total. The SMILES string of the molecule is Cc1c(N)n[nH]c1C1CCC(C)CC1. The lowest BCUT2D eigenvalue weighted by atomic mass is 9.80. The maximum atomic E-state index is 5.73. The predicted octanol–water partition coefficient (Wildman–Crippen LogP) is 2.59. The second-order valence-electron chi connectivity index (χ2n) is 4.60. The van der Waals surface area contributed by atoms with E-state index in [1.807, 2.05) is 0 Å². The van der Waals surface area contributed by atoms with E-state index >= 15 is 0 Å². The Kier molecular flexibility index (Phi) is 2.48. The first-order chi connectivity index (χ1) is 6.68. The molecule has 0 spiro atoms. The topological polar surface area (TPSA) is 54.7 Å². The lowest BCUT2D eigenvalue weighted by molar-refractivity contribution is 0.343. The van der Waals surface area contributed by atoms with Gasteiger partial charge in [0, 0.05) is 17.2 Å². The molecule has 3 N–H and O–H groups in total. The van der Waals surface area contributed by atoms with Crippen molar-refractivity contribution in [2.75, 3.05) is 5.73 Å². The summed E-state index contributed by atoms with van der Waals surface area (Å²) >= 11 is 0. The molecule has 14 heavy (non-hydrogen) atoms. The van der Waals surface area contributed by atoms with Crippen molar-refractivity contribution in [2.24, 2.45) is 5.92 Å². The zero-order valence-electron chi connectivity index (χ0n) is 9.01. The molecule has 1 saturated carbocycles. The van der Waals surface area contributed by atoms with Crippen molar-refractivity contribution in [2.45, 2.75) is 45.4 Å². The third-order valence-electron chi connectivity index (χ3n) is 3.51. The first-order valence-corrected chi connectivity index (χ1v) is 5.48. The number of nitrogens with one attached hydrogen (secondary N) is 1. The van der Waals surface area contributed by atoms with Crippen LogP contribution in [0, 0.1) is 12.8 Å². The van der Waals surface area contributed by atoms with Gasteiger partial charge in [-0.05, 0) is 25.7 Å². The van der Waals surface area contributed by atoms with Crippen molar-refractivity contribution < 1.29 is 0 Å². The second-order valence-corrected chi connectivity index (χ2v) is 4.60. The smallest absolute Gasteiger partial charge is 0.148 e. The molecule has 78 valence electrons. The van der Waals surface area contributed by atoms with Gasteiger partial charge in [-0.2, -0.15) is 5.10 Å². The van der Waals surface area contributed by atoms with Crippen LogP contribution in [0.15, 0.2) is 0 Å². The summed E-state index contributed by atoms with van der Waals surface area (Å²) in [5.74, 6) is 2.22. The highest BCUT2D eigenvalue weighted by atomic mass is 15.2. The average Bonchev–Trinajstić information content (AvgIpc) is 2.50. The molecule has 0 atom stereocenters. The number of nitrogens with zero attached hydrogens (tertiary/aromatic N) is 1. The minimum absolute atomic E-state index is 0.663. The van der Waals surface area contributed by atoms with Crippen LogP contribution < -0.4 is 5.73 Å². The summed E-state index contributed by atoms with van der Waals surface area (Å²) in [4.78, 5) is 0. The fraction of sp³-hybridized carbons (Fsp3) is 0.727. The van der Waals surface area contributed by atoms with Gasteiger partial charge in [0.05, 0.1) is 0 Å². The van der Waals surface area contributed by atoms with E-state index in [4.69, 9.17) is 5.73 Å². The van der Waals surface area contributed by atoms with E-state index in [2.05, 4.69) is 24.0 Å². The first kappa shape index (κ1) is 9.56. The van der Waals surface area contributed by atoms with E-state index in [1.54, 1.807) is 0 Å². The Bertz CT molecular complexity index is 308. The molecule has 1 heterocycles. The van der Waals surface area contributed by atoms with Crippen LogP contribution in [-0.4, -0.2) is 10.2 Å². The number of nitrogen functional groups attached to an aromatic ring is 1. The molecule has 0 amide bonds. The number of hydrogen-bond donors (Lipinski definition) is 2. The summed E-state index contributed by atoms with van der Waals surface area (Å²) in [6.07, 6.45) is 5.24. The van der Waals surface area contributed by atoms with Crippen molar-refractivity contribution in [1.82, 2.24) is 10.2 Å². The molecule has 1 fully saturated rings. The largest absolute Gasteiger partial charge is 0.382 e. The molecule has 1 aliphatic carbocycles. The van der Waals surface area contributed by atoms with Gasteiger partial charge in [-0.1, -0.05) is 19.8 Å². The highest BCUT2D eigenvalue weighted by Gasteiger charge is 2.23. The summed E-state index contributed by atoms with van der Waals surface area (Å²) < 4.78 is 0. The molecule has 1 aromatic rings. The normalized spacial score (nSPS) is 27.9. The summed E-state index contributed by atoms with van der Waals surface area (Å²) in [5, 5.41) is 7.15. The van der Waals surface area contributed by atoms with Crippen molar-refractivity contribution in [3.05, 3.63) is 11.3 Å². The fourth-order valence-corrected chi connectivity index (χ4v) is 2.37. The number of hydrogen-bond acceptors (Lipinski definition) is 2. The molecular weight excluding hydrogens is 174 g/mol. The molecule has 0 radical (unpaired) electrons. The maximum absolute atomic E-state index is 5.73. The quantitative estimate of drug-likeness (QED) is 0.720. The Balaban J connectivity index is 2.12. The maximum Gasteiger partial charge on any atom is 0.148 e. The van der Waals surface area contributed by atoms with Crippen LogP contribution >= 0.6 is 0 Å². The number of H-pyrrole nitrogens is 1. The molecule has 0 bridgehead atoms. The highest BCUT2D eigenvalue weighted by molar-refractivity contribution is 5.42. The van der Waals surface area contributed by atoms with Crippen LogP contribution in [0.1, 0.15) is 49.8 Å². The number of aromatic nitrogens is 2. The molecule has 3 heteroatoms. The number of nitrogens with two attached hydrogens (primary N) is 1. The van der Waals surface area contributed by atoms with Gasteiger partial charge in [0.1, 0.15) is 5.82 Å². The highest BCUT2D eigenvalue weighted by Crippen LogP contribution is 2.36. The Morgan fingerprint density at radius 2 is 1.93 bits per heavy atom. The third-order valence-corrected chi connectivity index (χ3v) is 3.51. The minimum atomic E-state index is 0.663. The zero-order chi connectivity index (χ0) is 10.1. The summed E-state index contributed by atoms with van der Waals surface area (Å²) in [7, 11) is 0. The van der Waals surface area contributed by atoms with Crippen molar-refractivity contribution in [3.8, 4) is 0 Å². The van der Waals surface area contributed by atoms with Crippen molar-refractivity contribution in [1.29, 1.82) is 0 Å². The number of anilines is 1. The lowest BCUT2D eigenvalue weighted by Crippen LogP contribution is -2.12. The zero-order valence-corrected chi connectivity index (χ0v) is 9.01. The number of aromatic amines is 1. The van der Waals surface area contributed by atoms with Crippen LogP contribution in [0.25, 0.3) is 0 Å². The fourth-order valence-electron chi connectivity index (χ4n) is 2.37. The summed E-state index contributed by atoms with van der Waals surface area (Å²) in [5.41, 5.74) is 8.16. The second kappa shape index (κ2) is 3.64. The molecular formula is C11H19N3. The number of rotatable bonds is 1.